The number of aliphatic hydroxyl groups excluding tert-OH is 2. The highest BCUT2D eigenvalue weighted by molar-refractivity contribution is 7.81. The van der Waals surface area contributed by atoms with Crippen molar-refractivity contribution in [1.29, 1.82) is 0 Å². The molecule has 1 aliphatic rings. The van der Waals surface area contributed by atoms with Crippen LogP contribution < -0.4 is 10.2 Å². The normalized spacial score (nSPS) is 15.1. The molecular weight excluding hydrogens is 526 g/mol. The first-order valence-electron chi connectivity index (χ1n) is 13.8. The van der Waals surface area contributed by atoms with E-state index in [1.54, 1.807) is 0 Å². The number of amides is 1. The van der Waals surface area contributed by atoms with Crippen LogP contribution in [0.4, 0.5) is 17.1 Å². The molecule has 1 atom stereocenters. The number of benzene rings is 2. The van der Waals surface area contributed by atoms with Crippen molar-refractivity contribution in [3.05, 3.63) is 59.7 Å². The van der Waals surface area contributed by atoms with E-state index >= 15 is 0 Å². The van der Waals surface area contributed by atoms with Gasteiger partial charge in [-0.2, -0.15) is 29.8 Å². The molecule has 39 heavy (non-hydrogen) atoms. The number of unbranched alkanes of at least 4 members (excludes halogenated alkanes) is 1. The van der Waals surface area contributed by atoms with Gasteiger partial charge < -0.3 is 20.4 Å². The molecule has 0 aliphatic carbocycles. The molecule has 2 aromatic carbocycles. The summed E-state index contributed by atoms with van der Waals surface area (Å²) in [5.74, 6) is 0.894. The van der Waals surface area contributed by atoms with Crippen LogP contribution in [0.3, 0.4) is 0 Å². The number of carbonyl (C=O) groups excluding carboxylic acids is 1. The molecule has 0 fully saturated rings. The third kappa shape index (κ3) is 8.37. The van der Waals surface area contributed by atoms with Crippen molar-refractivity contribution < 1.29 is 19.6 Å². The van der Waals surface area contributed by atoms with Gasteiger partial charge in [-0.15, -0.1) is 0 Å². The van der Waals surface area contributed by atoms with Gasteiger partial charge in [0.05, 0.1) is 18.6 Å². The SMILES string of the molecule is C[N+]1=C(/C=C/c2ccc(N(CCO)CCO)cc2)C(C)(C)c2cc(NC(=O)CCCCC(S)CCS)ccc21. The first-order chi connectivity index (χ1) is 18.7. The minimum Gasteiger partial charge on any atom is -0.395 e. The molecule has 1 amide bonds. The Kier molecular flexibility index (Phi) is 12.0. The molecule has 1 aliphatic heterocycles. The van der Waals surface area contributed by atoms with Crippen LogP contribution in [0.1, 0.15) is 57.1 Å². The van der Waals surface area contributed by atoms with E-state index in [9.17, 15) is 15.0 Å². The van der Waals surface area contributed by atoms with Gasteiger partial charge in [0.2, 0.25) is 11.6 Å². The smallest absolute Gasteiger partial charge is 0.224 e. The molecule has 8 heteroatoms. The Bertz CT molecular complexity index is 1160. The minimum absolute atomic E-state index is 0.0428. The molecule has 0 saturated heterocycles. The molecule has 3 N–H and O–H groups in total. The van der Waals surface area contributed by atoms with E-state index in [0.717, 1.165) is 54.1 Å². The van der Waals surface area contributed by atoms with Crippen molar-refractivity contribution in [2.24, 2.45) is 0 Å². The zero-order chi connectivity index (χ0) is 28.4. The van der Waals surface area contributed by atoms with Crippen molar-refractivity contribution in [2.45, 2.75) is 56.6 Å². The van der Waals surface area contributed by atoms with Crippen LogP contribution in [-0.4, -0.2) is 70.8 Å². The molecule has 3 rings (SSSR count). The number of hydrogen-bond acceptors (Lipinski definition) is 6. The van der Waals surface area contributed by atoms with Crippen LogP contribution in [0, 0.1) is 0 Å². The monoisotopic (exact) mass is 570 g/mol. The average Bonchev–Trinajstić information content (AvgIpc) is 3.10. The van der Waals surface area contributed by atoms with Gasteiger partial charge in [-0.3, -0.25) is 4.79 Å². The summed E-state index contributed by atoms with van der Waals surface area (Å²) in [7, 11) is 2.08. The highest BCUT2D eigenvalue weighted by Crippen LogP contribution is 2.41. The topological polar surface area (TPSA) is 75.8 Å². The van der Waals surface area contributed by atoms with Crippen LogP contribution in [-0.2, 0) is 10.2 Å². The number of hydrogen-bond donors (Lipinski definition) is 5. The fraction of sp³-hybridized carbons (Fsp3) is 0.484. The predicted molar refractivity (Wildman–Crippen MR) is 171 cm³/mol. The lowest BCUT2D eigenvalue weighted by Crippen LogP contribution is -2.29. The largest absolute Gasteiger partial charge is 0.395 e. The Hall–Kier alpha value is -2.26. The van der Waals surface area contributed by atoms with Crippen molar-refractivity contribution in [3.63, 3.8) is 0 Å². The van der Waals surface area contributed by atoms with Crippen LogP contribution in [0.5, 0.6) is 0 Å². The summed E-state index contributed by atoms with van der Waals surface area (Å²) in [5.41, 5.74) is 6.15. The summed E-state index contributed by atoms with van der Waals surface area (Å²) in [6.45, 7) is 5.48. The molecule has 0 bridgehead atoms. The summed E-state index contributed by atoms with van der Waals surface area (Å²) in [5, 5.41) is 22.1. The number of nitrogens with one attached hydrogen (secondary N) is 1. The van der Waals surface area contributed by atoms with E-state index in [0.29, 0.717) is 24.8 Å². The molecule has 0 spiro atoms. The molecule has 0 saturated carbocycles. The minimum atomic E-state index is -0.227. The lowest BCUT2D eigenvalue weighted by Gasteiger charge is -2.22. The third-order valence-electron chi connectivity index (χ3n) is 7.40. The van der Waals surface area contributed by atoms with E-state index in [4.69, 9.17) is 0 Å². The van der Waals surface area contributed by atoms with Gasteiger partial charge in [-0.05, 0) is 74.8 Å². The molecule has 2 aromatic rings. The predicted octanol–water partition coefficient (Wildman–Crippen LogP) is 5.31. The van der Waals surface area contributed by atoms with Crippen molar-refractivity contribution in [3.8, 4) is 0 Å². The second-order valence-electron chi connectivity index (χ2n) is 10.6. The van der Waals surface area contributed by atoms with Crippen LogP contribution in [0.25, 0.3) is 6.08 Å². The number of allylic oxidation sites excluding steroid dienone is 1. The Balaban J connectivity index is 1.65. The zero-order valence-corrected chi connectivity index (χ0v) is 25.2. The number of carbonyl (C=O) groups is 1. The van der Waals surface area contributed by atoms with Crippen LogP contribution in [0.2, 0.25) is 0 Å². The van der Waals surface area contributed by atoms with Gasteiger partial charge in [0.15, 0.2) is 5.71 Å². The first-order valence-corrected chi connectivity index (χ1v) is 15.0. The highest BCUT2D eigenvalue weighted by Gasteiger charge is 2.43. The summed E-state index contributed by atoms with van der Waals surface area (Å²) < 4.78 is 2.22. The van der Waals surface area contributed by atoms with E-state index < -0.39 is 0 Å². The summed E-state index contributed by atoms with van der Waals surface area (Å²) in [4.78, 5) is 14.5. The van der Waals surface area contributed by atoms with E-state index in [2.05, 4.69) is 80.3 Å². The summed E-state index contributed by atoms with van der Waals surface area (Å²) in [6, 6.07) is 14.3. The highest BCUT2D eigenvalue weighted by atomic mass is 32.1. The Morgan fingerprint density at radius 3 is 2.38 bits per heavy atom. The number of thiol groups is 2. The van der Waals surface area contributed by atoms with E-state index in [-0.39, 0.29) is 24.5 Å². The second-order valence-corrected chi connectivity index (χ2v) is 11.8. The van der Waals surface area contributed by atoms with Gasteiger partial charge in [-0.25, -0.2) is 0 Å². The standard InChI is InChI=1S/C31H43N3O3S2/c1-31(2)27-22-24(32-30(37)7-5-4-6-26(39)16-21-38)11-14-28(27)33(3)29(31)15-10-23-8-12-25(13-9-23)34(17-19-35)18-20-36/h8-15,22,26,35-36H,4-7,16-21H2,1-3H3,(H2-,32,37,38,39)/p+1. The molecule has 0 radical (unpaired) electrons. The van der Waals surface area contributed by atoms with Gasteiger partial charge in [-0.1, -0.05) is 18.6 Å². The second kappa shape index (κ2) is 14.9. The number of nitrogens with zero attached hydrogens (tertiary/aromatic N) is 2. The molecule has 1 unspecified atom stereocenters. The third-order valence-corrected chi connectivity index (χ3v) is 8.18. The number of fused-ring (bicyclic) bond motifs is 1. The molecule has 6 nitrogen and oxygen atoms in total. The maximum Gasteiger partial charge on any atom is 0.224 e. The lowest BCUT2D eigenvalue weighted by atomic mass is 9.81. The number of rotatable bonds is 15. The average molecular weight is 571 g/mol. The zero-order valence-electron chi connectivity index (χ0n) is 23.4. The van der Waals surface area contributed by atoms with Crippen molar-refractivity contribution in [1.82, 2.24) is 0 Å². The Labute approximate surface area is 244 Å². The number of aliphatic hydroxyl groups is 2. The molecule has 0 aromatic heterocycles. The lowest BCUT2D eigenvalue weighted by molar-refractivity contribution is -0.401. The number of anilines is 2. The van der Waals surface area contributed by atoms with Gasteiger partial charge >= 0.3 is 0 Å². The maximum absolute atomic E-state index is 12.6. The Morgan fingerprint density at radius 1 is 1.05 bits per heavy atom. The van der Waals surface area contributed by atoms with Crippen LogP contribution in [0.15, 0.2) is 48.5 Å². The fourth-order valence-electron chi connectivity index (χ4n) is 5.18. The first kappa shape index (κ1) is 31.3. The molecule has 1 heterocycles. The van der Waals surface area contributed by atoms with Gasteiger partial charge in [0.1, 0.15) is 7.05 Å². The van der Waals surface area contributed by atoms with E-state index in [1.807, 2.05) is 35.2 Å². The summed E-state index contributed by atoms with van der Waals surface area (Å²) >= 11 is 8.83. The van der Waals surface area contributed by atoms with Crippen molar-refractivity contribution >= 4 is 60.0 Å². The van der Waals surface area contributed by atoms with Crippen LogP contribution >= 0.6 is 25.3 Å². The van der Waals surface area contributed by atoms with Gasteiger partial charge in [0, 0.05) is 53.8 Å². The van der Waals surface area contributed by atoms with Crippen molar-refractivity contribution in [2.75, 3.05) is 49.3 Å². The van der Waals surface area contributed by atoms with Gasteiger partial charge in [0.25, 0.3) is 0 Å². The fourth-order valence-corrected chi connectivity index (χ4v) is 6.01. The molecule has 212 valence electrons. The quantitative estimate of drug-likeness (QED) is 0.114. The summed E-state index contributed by atoms with van der Waals surface area (Å²) in [6.07, 6.45) is 8.65. The maximum atomic E-state index is 12.6. The molecular formula is C31H44N3O3S2+. The van der Waals surface area contributed by atoms with E-state index in [1.165, 1.54) is 11.3 Å². The Morgan fingerprint density at radius 2 is 1.74 bits per heavy atom.